The predicted molar refractivity (Wildman–Crippen MR) is 114 cm³/mol. The zero-order valence-corrected chi connectivity index (χ0v) is 16.5. The Bertz CT molecular complexity index is 1170. The lowest BCUT2D eigenvalue weighted by atomic mass is 10.1. The van der Waals surface area contributed by atoms with Crippen molar-refractivity contribution in [2.45, 2.75) is 26.8 Å². The van der Waals surface area contributed by atoms with Gasteiger partial charge in [0.2, 0.25) is 0 Å². The van der Waals surface area contributed by atoms with E-state index in [1.807, 2.05) is 63.2 Å². The highest BCUT2D eigenvalue weighted by Crippen LogP contribution is 2.29. The first kappa shape index (κ1) is 18.6. The molecule has 3 aromatic heterocycles. The van der Waals surface area contributed by atoms with Gasteiger partial charge in [-0.3, -0.25) is 15.4 Å². The summed E-state index contributed by atoms with van der Waals surface area (Å²) in [7, 11) is 0. The van der Waals surface area contributed by atoms with Crippen LogP contribution < -0.4 is 10.6 Å². The van der Waals surface area contributed by atoms with E-state index in [-0.39, 0.29) is 12.1 Å². The number of fused-ring (bicyclic) bond motifs is 1. The maximum atomic E-state index is 12.4. The van der Waals surface area contributed by atoms with E-state index >= 15 is 0 Å². The van der Waals surface area contributed by atoms with Crippen LogP contribution in [0.5, 0.6) is 0 Å². The van der Waals surface area contributed by atoms with Crippen LogP contribution in [-0.2, 0) is 0 Å². The number of rotatable bonds is 4. The molecule has 1 unspecified atom stereocenters. The number of H-pyrrole nitrogens is 1. The van der Waals surface area contributed by atoms with Crippen molar-refractivity contribution in [2.75, 3.05) is 5.32 Å². The van der Waals surface area contributed by atoms with Crippen molar-refractivity contribution in [1.82, 2.24) is 25.5 Å². The van der Waals surface area contributed by atoms with Crippen molar-refractivity contribution in [3.63, 3.8) is 0 Å². The summed E-state index contributed by atoms with van der Waals surface area (Å²) < 4.78 is 0. The summed E-state index contributed by atoms with van der Waals surface area (Å²) in [6.07, 6.45) is 1.77. The number of anilines is 1. The Morgan fingerprint density at radius 1 is 1.10 bits per heavy atom. The number of pyridine rings is 2. The molecule has 0 spiro atoms. The number of hydrogen-bond donors (Lipinski definition) is 3. The number of hydrogen-bond acceptors (Lipinski definition) is 4. The summed E-state index contributed by atoms with van der Waals surface area (Å²) >= 11 is 0. The standard InChI is InChI=1S/C22H22N6O/c1-13-11-17(9-10-23-13)21-20-15(3)24-19(12-18(20)27-28-21)26-22(29)25-14(2)16-7-5-4-6-8-16/h4-12,14H,1-3H3,(H,27,28)(H2,24,25,26,29). The number of nitrogens with one attached hydrogen (secondary N) is 3. The molecule has 0 fully saturated rings. The van der Waals surface area contributed by atoms with Crippen LogP contribution in [0.2, 0.25) is 0 Å². The van der Waals surface area contributed by atoms with Crippen LogP contribution in [0.3, 0.4) is 0 Å². The first-order chi connectivity index (χ1) is 14.0. The molecule has 0 aliphatic rings. The quantitative estimate of drug-likeness (QED) is 0.480. The molecule has 7 heteroatoms. The van der Waals surface area contributed by atoms with E-state index in [9.17, 15) is 4.79 Å². The number of benzene rings is 1. The summed E-state index contributed by atoms with van der Waals surface area (Å²) in [5.41, 5.74) is 5.35. The summed E-state index contributed by atoms with van der Waals surface area (Å²) in [6.45, 7) is 5.79. The molecule has 0 saturated carbocycles. The summed E-state index contributed by atoms with van der Waals surface area (Å²) in [5, 5.41) is 14.2. The number of aryl methyl sites for hydroxylation is 2. The second-order valence-corrected chi connectivity index (χ2v) is 7.00. The average molecular weight is 386 g/mol. The molecule has 7 nitrogen and oxygen atoms in total. The fourth-order valence-corrected chi connectivity index (χ4v) is 3.37. The van der Waals surface area contributed by atoms with Gasteiger partial charge in [-0.05, 0) is 38.5 Å². The molecule has 0 aliphatic carbocycles. The molecule has 29 heavy (non-hydrogen) atoms. The normalized spacial score (nSPS) is 12.0. The number of urea groups is 1. The van der Waals surface area contributed by atoms with E-state index in [2.05, 4.69) is 30.8 Å². The van der Waals surface area contributed by atoms with Crippen molar-refractivity contribution >= 4 is 22.8 Å². The zero-order chi connectivity index (χ0) is 20.4. The third kappa shape index (κ3) is 3.94. The second-order valence-electron chi connectivity index (χ2n) is 7.00. The molecule has 4 aromatic rings. The van der Waals surface area contributed by atoms with Gasteiger partial charge in [0.05, 0.1) is 17.3 Å². The van der Waals surface area contributed by atoms with E-state index in [1.54, 1.807) is 12.3 Å². The lowest BCUT2D eigenvalue weighted by Gasteiger charge is -2.15. The van der Waals surface area contributed by atoms with Gasteiger partial charge < -0.3 is 5.32 Å². The maximum Gasteiger partial charge on any atom is 0.320 e. The minimum absolute atomic E-state index is 0.116. The van der Waals surface area contributed by atoms with Crippen LogP contribution in [0, 0.1) is 13.8 Å². The second kappa shape index (κ2) is 7.71. The van der Waals surface area contributed by atoms with E-state index in [1.165, 1.54) is 0 Å². The first-order valence-electron chi connectivity index (χ1n) is 9.42. The number of amides is 2. The van der Waals surface area contributed by atoms with Crippen LogP contribution in [0.4, 0.5) is 10.6 Å². The number of nitrogens with zero attached hydrogens (tertiary/aromatic N) is 3. The summed E-state index contributed by atoms with van der Waals surface area (Å²) in [6, 6.07) is 15.1. The number of carbonyl (C=O) groups is 1. The molecule has 0 bridgehead atoms. The topological polar surface area (TPSA) is 95.6 Å². The van der Waals surface area contributed by atoms with Gasteiger partial charge in [0.1, 0.15) is 11.5 Å². The lowest BCUT2D eigenvalue weighted by Crippen LogP contribution is -2.31. The molecule has 1 aromatic carbocycles. The Balaban J connectivity index is 1.56. The van der Waals surface area contributed by atoms with Gasteiger partial charge in [-0.15, -0.1) is 0 Å². The van der Waals surface area contributed by atoms with Gasteiger partial charge in [-0.2, -0.15) is 5.10 Å². The van der Waals surface area contributed by atoms with Gasteiger partial charge in [0, 0.05) is 28.9 Å². The molecule has 3 heterocycles. The van der Waals surface area contributed by atoms with E-state index < -0.39 is 0 Å². The van der Waals surface area contributed by atoms with Gasteiger partial charge in [-0.25, -0.2) is 9.78 Å². The molecule has 0 aliphatic heterocycles. The van der Waals surface area contributed by atoms with E-state index in [4.69, 9.17) is 0 Å². The Labute approximate surface area is 168 Å². The average Bonchev–Trinajstić information content (AvgIpc) is 3.13. The molecule has 0 saturated heterocycles. The summed E-state index contributed by atoms with van der Waals surface area (Å²) in [4.78, 5) is 21.2. The highest BCUT2D eigenvalue weighted by Gasteiger charge is 2.15. The number of aromatic amines is 1. The smallest absolute Gasteiger partial charge is 0.320 e. The first-order valence-corrected chi connectivity index (χ1v) is 9.42. The molecule has 0 radical (unpaired) electrons. The van der Waals surface area contributed by atoms with Crippen LogP contribution in [0.25, 0.3) is 22.2 Å². The molecule has 2 amide bonds. The molecular weight excluding hydrogens is 364 g/mol. The Morgan fingerprint density at radius 3 is 2.66 bits per heavy atom. The van der Waals surface area contributed by atoms with Gasteiger partial charge in [0.25, 0.3) is 0 Å². The van der Waals surface area contributed by atoms with Gasteiger partial charge in [0.15, 0.2) is 0 Å². The van der Waals surface area contributed by atoms with Gasteiger partial charge in [-0.1, -0.05) is 30.3 Å². The van der Waals surface area contributed by atoms with Crippen molar-refractivity contribution in [1.29, 1.82) is 0 Å². The van der Waals surface area contributed by atoms with Crippen molar-refractivity contribution in [3.8, 4) is 11.3 Å². The fourth-order valence-electron chi connectivity index (χ4n) is 3.37. The highest BCUT2D eigenvalue weighted by molar-refractivity contribution is 5.97. The largest absolute Gasteiger partial charge is 0.331 e. The van der Waals surface area contributed by atoms with E-state index in [0.717, 1.165) is 39.1 Å². The van der Waals surface area contributed by atoms with Crippen molar-refractivity contribution in [2.24, 2.45) is 0 Å². The lowest BCUT2D eigenvalue weighted by molar-refractivity contribution is 0.249. The van der Waals surface area contributed by atoms with Gasteiger partial charge >= 0.3 is 6.03 Å². The SMILES string of the molecule is Cc1cc(-c2n[nH]c3cc(NC(=O)NC(C)c4ccccc4)nc(C)c23)ccn1. The zero-order valence-electron chi connectivity index (χ0n) is 16.5. The minimum atomic E-state index is -0.308. The van der Waals surface area contributed by atoms with Crippen LogP contribution >= 0.6 is 0 Å². The predicted octanol–water partition coefficient (Wildman–Crippen LogP) is 4.52. The third-order valence-electron chi connectivity index (χ3n) is 4.78. The third-order valence-corrected chi connectivity index (χ3v) is 4.78. The summed E-state index contributed by atoms with van der Waals surface area (Å²) in [5.74, 6) is 0.467. The number of aromatic nitrogens is 4. The fraction of sp³-hybridized carbons (Fsp3) is 0.182. The highest BCUT2D eigenvalue weighted by atomic mass is 16.2. The molecule has 3 N–H and O–H groups in total. The number of carbonyl (C=O) groups excluding carboxylic acids is 1. The molecule has 4 rings (SSSR count). The van der Waals surface area contributed by atoms with Crippen LogP contribution in [0.15, 0.2) is 54.7 Å². The minimum Gasteiger partial charge on any atom is -0.331 e. The van der Waals surface area contributed by atoms with E-state index in [0.29, 0.717) is 5.82 Å². The monoisotopic (exact) mass is 386 g/mol. The Hall–Kier alpha value is -3.74. The molecule has 1 atom stereocenters. The maximum absolute atomic E-state index is 12.4. The molecular formula is C22H22N6O. The Morgan fingerprint density at radius 2 is 1.90 bits per heavy atom. The van der Waals surface area contributed by atoms with Crippen LogP contribution in [0.1, 0.15) is 29.9 Å². The van der Waals surface area contributed by atoms with Crippen LogP contribution in [-0.4, -0.2) is 26.2 Å². The Kier molecular flexibility index (Phi) is 4.95. The van der Waals surface area contributed by atoms with Crippen molar-refractivity contribution < 1.29 is 4.79 Å². The molecule has 146 valence electrons. The van der Waals surface area contributed by atoms with Crippen molar-refractivity contribution in [3.05, 3.63) is 71.7 Å².